The molecule has 1 heterocycles. The molecule has 80 valence electrons. The van der Waals surface area contributed by atoms with E-state index < -0.39 is 18.0 Å². The van der Waals surface area contributed by atoms with Gasteiger partial charge < -0.3 is 0 Å². The quantitative estimate of drug-likeness (QED) is 0.663. The molecule has 0 amide bonds. The zero-order chi connectivity index (χ0) is 10.9. The van der Waals surface area contributed by atoms with Crippen molar-refractivity contribution in [2.45, 2.75) is 24.9 Å². The van der Waals surface area contributed by atoms with E-state index in [-0.39, 0.29) is 0 Å². The van der Waals surface area contributed by atoms with Crippen LogP contribution in [0.5, 0.6) is 0 Å². The molecule has 1 aromatic heterocycles. The lowest BCUT2D eigenvalue weighted by molar-refractivity contribution is -0.134. The van der Waals surface area contributed by atoms with Crippen LogP contribution in [0.25, 0.3) is 0 Å². The minimum atomic E-state index is -4.24. The molecule has 6 heteroatoms. The van der Waals surface area contributed by atoms with E-state index in [1.807, 2.05) is 0 Å². The first kappa shape index (κ1) is 12.1. The smallest absolute Gasteiger partial charge is 0.171 e. The van der Waals surface area contributed by atoms with E-state index in [9.17, 15) is 13.2 Å². The van der Waals surface area contributed by atoms with Crippen LogP contribution < -0.4 is 0 Å². The van der Waals surface area contributed by atoms with E-state index >= 15 is 0 Å². The van der Waals surface area contributed by atoms with Crippen LogP contribution in [0.3, 0.4) is 0 Å². The Morgan fingerprint density at radius 3 is 2.43 bits per heavy atom. The maximum absolute atomic E-state index is 12.0. The highest BCUT2D eigenvalue weighted by Crippen LogP contribution is 2.39. The van der Waals surface area contributed by atoms with Gasteiger partial charge in [-0.3, -0.25) is 0 Å². The van der Waals surface area contributed by atoms with Crippen molar-refractivity contribution in [3.8, 4) is 0 Å². The number of thiophene rings is 1. The first-order valence-corrected chi connectivity index (χ1v) is 5.39. The summed E-state index contributed by atoms with van der Waals surface area (Å²) in [6, 6.07) is 1.59. The van der Waals surface area contributed by atoms with Crippen molar-refractivity contribution in [1.82, 2.24) is 0 Å². The lowest BCUT2D eigenvalue weighted by atomic mass is 10.2. The Balaban J connectivity index is 2.75. The van der Waals surface area contributed by atoms with Crippen LogP contribution in [0, 0.1) is 6.92 Å². The van der Waals surface area contributed by atoms with Crippen LogP contribution in [-0.4, -0.2) is 6.18 Å². The third-order valence-corrected chi connectivity index (χ3v) is 3.78. The molecule has 14 heavy (non-hydrogen) atoms. The number of alkyl halides is 4. The fourth-order valence-corrected chi connectivity index (χ4v) is 2.51. The lowest BCUT2D eigenvalue weighted by Crippen LogP contribution is -2.09. The predicted octanol–water partition coefficient (Wildman–Crippen LogP) is 4.94. The number of hydrogen-bond acceptors (Lipinski definition) is 1. The summed E-state index contributed by atoms with van der Waals surface area (Å²) in [6.07, 6.45) is -5.26. The molecule has 0 aromatic carbocycles. The second kappa shape index (κ2) is 4.29. The molecular formula is C8H7Cl2F3S. The van der Waals surface area contributed by atoms with Gasteiger partial charge in [-0.05, 0) is 18.6 Å². The lowest BCUT2D eigenvalue weighted by Gasteiger charge is -2.09. The first-order chi connectivity index (χ1) is 6.29. The number of rotatable bonds is 2. The van der Waals surface area contributed by atoms with Crippen LogP contribution in [0.1, 0.15) is 22.2 Å². The molecule has 0 radical (unpaired) electrons. The van der Waals surface area contributed by atoms with E-state index in [2.05, 4.69) is 0 Å². The Labute approximate surface area is 93.6 Å². The standard InChI is InChI=1S/C8H7Cl2F3S/c1-4-2-6(14-7(4)10)5(9)3-8(11,12)13/h2,5H,3H2,1H3. The predicted molar refractivity (Wildman–Crippen MR) is 53.3 cm³/mol. The summed E-state index contributed by atoms with van der Waals surface area (Å²) in [4.78, 5) is 0.464. The SMILES string of the molecule is Cc1cc(C(Cl)CC(F)(F)F)sc1Cl. The number of halogens is 5. The van der Waals surface area contributed by atoms with Gasteiger partial charge in [0.2, 0.25) is 0 Å². The van der Waals surface area contributed by atoms with Crippen LogP contribution in [0.4, 0.5) is 13.2 Å². The molecule has 1 rings (SSSR count). The number of aryl methyl sites for hydroxylation is 1. The highest BCUT2D eigenvalue weighted by Gasteiger charge is 2.32. The normalized spacial score (nSPS) is 14.4. The summed E-state index contributed by atoms with van der Waals surface area (Å²) >= 11 is 12.4. The van der Waals surface area contributed by atoms with Crippen LogP contribution in [-0.2, 0) is 0 Å². The zero-order valence-electron chi connectivity index (χ0n) is 7.16. The molecule has 0 saturated heterocycles. The van der Waals surface area contributed by atoms with E-state index in [4.69, 9.17) is 23.2 Å². The molecule has 0 fully saturated rings. The Morgan fingerprint density at radius 1 is 1.50 bits per heavy atom. The van der Waals surface area contributed by atoms with Gasteiger partial charge in [0.25, 0.3) is 0 Å². The molecule has 0 aliphatic heterocycles. The summed E-state index contributed by atoms with van der Waals surface area (Å²) in [6.45, 7) is 1.74. The minimum absolute atomic E-state index is 0.464. The highest BCUT2D eigenvalue weighted by atomic mass is 35.5. The van der Waals surface area contributed by atoms with Gasteiger partial charge >= 0.3 is 6.18 Å². The van der Waals surface area contributed by atoms with Gasteiger partial charge in [-0.1, -0.05) is 11.6 Å². The molecule has 1 aromatic rings. The van der Waals surface area contributed by atoms with Crippen LogP contribution in [0.2, 0.25) is 4.34 Å². The molecule has 1 unspecified atom stereocenters. The monoisotopic (exact) mass is 262 g/mol. The fourth-order valence-electron chi connectivity index (χ4n) is 0.942. The second-order valence-electron chi connectivity index (χ2n) is 2.89. The Kier molecular flexibility index (Phi) is 3.72. The van der Waals surface area contributed by atoms with Crippen molar-refractivity contribution in [3.63, 3.8) is 0 Å². The largest absolute Gasteiger partial charge is 0.390 e. The molecule has 0 saturated carbocycles. The Hall–Kier alpha value is 0.0700. The first-order valence-electron chi connectivity index (χ1n) is 3.76. The van der Waals surface area contributed by atoms with E-state index in [0.717, 1.165) is 16.9 Å². The van der Waals surface area contributed by atoms with E-state index in [0.29, 0.717) is 9.21 Å². The average molecular weight is 263 g/mol. The summed E-state index contributed by atoms with van der Waals surface area (Å²) in [7, 11) is 0. The van der Waals surface area contributed by atoms with E-state index in [1.165, 1.54) is 0 Å². The Morgan fingerprint density at radius 2 is 2.07 bits per heavy atom. The Bertz CT molecular complexity index is 299. The van der Waals surface area contributed by atoms with Crippen molar-refractivity contribution in [2.75, 3.05) is 0 Å². The third kappa shape index (κ3) is 3.33. The van der Waals surface area contributed by atoms with Crippen LogP contribution >= 0.6 is 34.5 Å². The molecule has 0 N–H and O–H groups in total. The van der Waals surface area contributed by atoms with E-state index in [1.54, 1.807) is 13.0 Å². The van der Waals surface area contributed by atoms with Crippen molar-refractivity contribution >= 4 is 34.5 Å². The van der Waals surface area contributed by atoms with Crippen molar-refractivity contribution in [3.05, 3.63) is 20.8 Å². The molecule has 0 aliphatic carbocycles. The third-order valence-electron chi connectivity index (χ3n) is 1.60. The van der Waals surface area contributed by atoms with Crippen molar-refractivity contribution in [1.29, 1.82) is 0 Å². The maximum atomic E-state index is 12.0. The van der Waals surface area contributed by atoms with Crippen LogP contribution in [0.15, 0.2) is 6.07 Å². The van der Waals surface area contributed by atoms with Gasteiger partial charge in [0, 0.05) is 4.88 Å². The van der Waals surface area contributed by atoms with Gasteiger partial charge in [-0.2, -0.15) is 13.2 Å². The van der Waals surface area contributed by atoms with Gasteiger partial charge in [-0.15, -0.1) is 22.9 Å². The average Bonchev–Trinajstić information content (AvgIpc) is 2.28. The van der Waals surface area contributed by atoms with Gasteiger partial charge in [-0.25, -0.2) is 0 Å². The minimum Gasteiger partial charge on any atom is -0.171 e. The summed E-state index contributed by atoms with van der Waals surface area (Å²) in [5.74, 6) is 0. The van der Waals surface area contributed by atoms with Gasteiger partial charge in [0.05, 0.1) is 16.1 Å². The second-order valence-corrected chi connectivity index (χ2v) is 5.10. The molecular weight excluding hydrogens is 256 g/mol. The van der Waals surface area contributed by atoms with Gasteiger partial charge in [0.15, 0.2) is 0 Å². The zero-order valence-corrected chi connectivity index (χ0v) is 9.49. The van der Waals surface area contributed by atoms with Crippen molar-refractivity contribution in [2.24, 2.45) is 0 Å². The molecule has 0 bridgehead atoms. The topological polar surface area (TPSA) is 0 Å². The highest BCUT2D eigenvalue weighted by molar-refractivity contribution is 7.16. The number of hydrogen-bond donors (Lipinski definition) is 0. The summed E-state index contributed by atoms with van der Waals surface area (Å²) < 4.78 is 36.5. The summed E-state index contributed by atoms with van der Waals surface area (Å²) in [5, 5.41) is -1.04. The van der Waals surface area contributed by atoms with Gasteiger partial charge in [0.1, 0.15) is 0 Å². The van der Waals surface area contributed by atoms with Crippen molar-refractivity contribution < 1.29 is 13.2 Å². The summed E-state index contributed by atoms with van der Waals surface area (Å²) in [5.41, 5.74) is 0.763. The fraction of sp³-hybridized carbons (Fsp3) is 0.500. The maximum Gasteiger partial charge on any atom is 0.390 e. The molecule has 1 atom stereocenters. The molecule has 0 aliphatic rings. The molecule has 0 spiro atoms. The molecule has 0 nitrogen and oxygen atoms in total.